The second kappa shape index (κ2) is 7.55. The summed E-state index contributed by atoms with van der Waals surface area (Å²) in [5, 5.41) is 12.5. The first-order valence-electron chi connectivity index (χ1n) is 7.87. The number of likely N-dealkylation sites (tertiary alicyclic amines) is 1. The number of nitrogens with one attached hydrogen (secondary N) is 1. The van der Waals surface area contributed by atoms with Gasteiger partial charge >= 0.3 is 0 Å². The molecule has 2 N–H and O–H groups in total. The second-order valence-corrected chi connectivity index (χ2v) is 6.06. The third-order valence-corrected chi connectivity index (χ3v) is 4.39. The molecule has 0 aliphatic carbocycles. The number of benzene rings is 1. The van der Waals surface area contributed by atoms with Crippen LogP contribution in [0.3, 0.4) is 0 Å². The van der Waals surface area contributed by atoms with Crippen LogP contribution in [0, 0.1) is 5.82 Å². The molecule has 1 atom stereocenters. The van der Waals surface area contributed by atoms with E-state index in [1.165, 1.54) is 19.1 Å². The van der Waals surface area contributed by atoms with Crippen LogP contribution in [0.15, 0.2) is 24.3 Å². The molecule has 0 aromatic heterocycles. The number of aliphatic hydroxyl groups is 1. The van der Waals surface area contributed by atoms with Gasteiger partial charge in [0.1, 0.15) is 5.82 Å². The highest BCUT2D eigenvalue weighted by atomic mass is 19.1. The van der Waals surface area contributed by atoms with Crippen molar-refractivity contribution in [2.45, 2.75) is 38.1 Å². The predicted molar refractivity (Wildman–Crippen MR) is 84.2 cm³/mol. The van der Waals surface area contributed by atoms with Crippen molar-refractivity contribution in [3.05, 3.63) is 35.6 Å². The molecule has 0 bridgehead atoms. The third kappa shape index (κ3) is 4.28. The minimum atomic E-state index is -0.783. The number of hydrogen-bond acceptors (Lipinski definition) is 3. The van der Waals surface area contributed by atoms with E-state index in [0.717, 1.165) is 12.0 Å². The normalized spacial score (nSPS) is 20.6. The van der Waals surface area contributed by atoms with Crippen LogP contribution in [-0.2, 0) is 16.0 Å². The molecule has 2 rings (SSSR count). The molecule has 5 nitrogen and oxygen atoms in total. The second-order valence-electron chi connectivity index (χ2n) is 6.06. The van der Waals surface area contributed by atoms with Crippen molar-refractivity contribution in [2.24, 2.45) is 0 Å². The maximum absolute atomic E-state index is 13.1. The van der Waals surface area contributed by atoms with Gasteiger partial charge in [0.25, 0.3) is 0 Å². The van der Waals surface area contributed by atoms with Gasteiger partial charge in [0, 0.05) is 20.0 Å². The lowest BCUT2D eigenvalue weighted by Crippen LogP contribution is -2.52. The van der Waals surface area contributed by atoms with Gasteiger partial charge in [-0.3, -0.25) is 9.59 Å². The first-order valence-corrected chi connectivity index (χ1v) is 7.87. The molecule has 1 aliphatic heterocycles. The largest absolute Gasteiger partial charge is 0.394 e. The minimum Gasteiger partial charge on any atom is -0.394 e. The predicted octanol–water partition coefficient (Wildman–Crippen LogP) is 1.25. The van der Waals surface area contributed by atoms with E-state index in [-0.39, 0.29) is 30.7 Å². The average molecular weight is 322 g/mol. The smallest absolute Gasteiger partial charge is 0.222 e. The van der Waals surface area contributed by atoms with E-state index in [2.05, 4.69) is 5.32 Å². The Morgan fingerprint density at radius 1 is 1.43 bits per heavy atom. The van der Waals surface area contributed by atoms with E-state index < -0.39 is 5.54 Å². The summed E-state index contributed by atoms with van der Waals surface area (Å²) in [6.07, 6.45) is 2.04. The van der Waals surface area contributed by atoms with Gasteiger partial charge in [-0.1, -0.05) is 12.1 Å². The third-order valence-electron chi connectivity index (χ3n) is 4.39. The molecule has 6 heteroatoms. The van der Waals surface area contributed by atoms with E-state index in [9.17, 15) is 19.1 Å². The summed E-state index contributed by atoms with van der Waals surface area (Å²) in [6, 6.07) is 6.26. The van der Waals surface area contributed by atoms with E-state index in [1.807, 2.05) is 0 Å². The van der Waals surface area contributed by atoms with Crippen LogP contribution < -0.4 is 5.32 Å². The van der Waals surface area contributed by atoms with Gasteiger partial charge in [0.2, 0.25) is 11.8 Å². The van der Waals surface area contributed by atoms with Crippen molar-refractivity contribution in [2.75, 3.05) is 19.7 Å². The zero-order chi connectivity index (χ0) is 16.9. The quantitative estimate of drug-likeness (QED) is 0.828. The fraction of sp³-hybridized carbons (Fsp3) is 0.529. The Bertz CT molecular complexity index is 579. The molecule has 1 saturated heterocycles. The molecule has 1 aromatic rings. The van der Waals surface area contributed by atoms with Crippen LogP contribution in [0.5, 0.6) is 0 Å². The zero-order valence-electron chi connectivity index (χ0n) is 13.3. The molecule has 1 fully saturated rings. The Labute approximate surface area is 135 Å². The summed E-state index contributed by atoms with van der Waals surface area (Å²) in [7, 11) is 0. The van der Waals surface area contributed by atoms with E-state index >= 15 is 0 Å². The van der Waals surface area contributed by atoms with Crippen LogP contribution in [0.2, 0.25) is 0 Å². The molecule has 23 heavy (non-hydrogen) atoms. The minimum absolute atomic E-state index is 0.0895. The first kappa shape index (κ1) is 17.4. The molecule has 126 valence electrons. The Morgan fingerprint density at radius 2 is 2.22 bits per heavy atom. The number of aliphatic hydroxyl groups excluding tert-OH is 1. The molecular weight excluding hydrogens is 299 g/mol. The number of amides is 2. The molecule has 1 heterocycles. The standard InChI is InChI=1S/C17H23FN2O3/c1-13(22)20-9-3-7-17(20,12-21)11-16(23)19-8-6-14-4-2-5-15(18)10-14/h2,4-5,10,21H,3,6-9,11-12H2,1H3,(H,19,23)/t17-/m1/s1. The summed E-state index contributed by atoms with van der Waals surface area (Å²) in [5.41, 5.74) is 0.0304. The van der Waals surface area contributed by atoms with Crippen molar-refractivity contribution in [1.29, 1.82) is 0 Å². The Balaban J connectivity index is 1.87. The van der Waals surface area contributed by atoms with Gasteiger partial charge in [-0.05, 0) is 37.0 Å². The van der Waals surface area contributed by atoms with Crippen molar-refractivity contribution >= 4 is 11.8 Å². The lowest BCUT2D eigenvalue weighted by molar-refractivity contribution is -0.137. The highest BCUT2D eigenvalue weighted by Gasteiger charge is 2.43. The van der Waals surface area contributed by atoms with Crippen LogP contribution >= 0.6 is 0 Å². The van der Waals surface area contributed by atoms with Gasteiger partial charge in [-0.2, -0.15) is 0 Å². The summed E-state index contributed by atoms with van der Waals surface area (Å²) >= 11 is 0. The first-order chi connectivity index (χ1) is 11.0. The lowest BCUT2D eigenvalue weighted by Gasteiger charge is -2.36. The lowest BCUT2D eigenvalue weighted by atomic mass is 9.92. The van der Waals surface area contributed by atoms with Gasteiger partial charge in [-0.25, -0.2) is 4.39 Å². The molecule has 0 radical (unpaired) electrons. The highest BCUT2D eigenvalue weighted by molar-refractivity contribution is 5.80. The number of carbonyl (C=O) groups excluding carboxylic acids is 2. The van der Waals surface area contributed by atoms with Gasteiger partial charge < -0.3 is 15.3 Å². The van der Waals surface area contributed by atoms with E-state index in [1.54, 1.807) is 17.0 Å². The average Bonchev–Trinajstić information content (AvgIpc) is 2.91. The number of carbonyl (C=O) groups is 2. The number of hydrogen-bond donors (Lipinski definition) is 2. The van der Waals surface area contributed by atoms with Crippen LogP contribution in [0.4, 0.5) is 4.39 Å². The van der Waals surface area contributed by atoms with Crippen LogP contribution in [0.1, 0.15) is 31.7 Å². The maximum atomic E-state index is 13.1. The number of halogens is 1. The molecule has 1 aromatic carbocycles. The summed E-state index contributed by atoms with van der Waals surface area (Å²) in [6.45, 7) is 2.21. The molecular formula is C17H23FN2O3. The van der Waals surface area contributed by atoms with E-state index in [0.29, 0.717) is 25.9 Å². The van der Waals surface area contributed by atoms with Crippen LogP contribution in [-0.4, -0.2) is 47.1 Å². The topological polar surface area (TPSA) is 69.6 Å². The monoisotopic (exact) mass is 322 g/mol. The molecule has 2 amide bonds. The summed E-state index contributed by atoms with van der Waals surface area (Å²) in [5.74, 6) is -0.621. The Morgan fingerprint density at radius 3 is 2.87 bits per heavy atom. The Kier molecular flexibility index (Phi) is 5.71. The molecule has 0 saturated carbocycles. The fourth-order valence-electron chi connectivity index (χ4n) is 3.23. The number of nitrogens with zero attached hydrogens (tertiary/aromatic N) is 1. The maximum Gasteiger partial charge on any atom is 0.222 e. The summed E-state index contributed by atoms with van der Waals surface area (Å²) in [4.78, 5) is 25.4. The van der Waals surface area contributed by atoms with Crippen molar-refractivity contribution in [1.82, 2.24) is 10.2 Å². The molecule has 0 unspecified atom stereocenters. The molecule has 0 spiro atoms. The van der Waals surface area contributed by atoms with Gasteiger partial charge in [0.05, 0.1) is 18.6 Å². The highest BCUT2D eigenvalue weighted by Crippen LogP contribution is 2.32. The van der Waals surface area contributed by atoms with Gasteiger partial charge in [0.15, 0.2) is 0 Å². The summed E-state index contributed by atoms with van der Waals surface area (Å²) < 4.78 is 13.1. The zero-order valence-corrected chi connectivity index (χ0v) is 13.3. The van der Waals surface area contributed by atoms with E-state index in [4.69, 9.17) is 0 Å². The van der Waals surface area contributed by atoms with Crippen molar-refractivity contribution < 1.29 is 19.1 Å². The molecule has 1 aliphatic rings. The van der Waals surface area contributed by atoms with Crippen molar-refractivity contribution in [3.63, 3.8) is 0 Å². The fourth-order valence-corrected chi connectivity index (χ4v) is 3.23. The van der Waals surface area contributed by atoms with Crippen LogP contribution in [0.25, 0.3) is 0 Å². The van der Waals surface area contributed by atoms with Gasteiger partial charge in [-0.15, -0.1) is 0 Å². The SMILES string of the molecule is CC(=O)N1CCC[C@]1(CO)CC(=O)NCCc1cccc(F)c1. The van der Waals surface area contributed by atoms with Crippen molar-refractivity contribution in [3.8, 4) is 0 Å². The Hall–Kier alpha value is -1.95. The number of rotatable bonds is 6.